The number of rotatable bonds is 3. The van der Waals surface area contributed by atoms with Gasteiger partial charge in [0.25, 0.3) is 5.56 Å². The molecule has 0 aliphatic carbocycles. The van der Waals surface area contributed by atoms with Crippen molar-refractivity contribution in [3.05, 3.63) is 45.4 Å². The fraction of sp³-hybridized carbons (Fsp3) is 0.154. The fourth-order valence-electron chi connectivity index (χ4n) is 1.92. The molecule has 0 aliphatic heterocycles. The Balaban J connectivity index is 2.09. The maximum absolute atomic E-state index is 12.3. The number of methoxy groups -OCH3 is 1. The first-order valence-electron chi connectivity index (χ1n) is 6.24. The molecule has 2 aromatic heterocycles. The molecule has 1 aromatic carbocycles. The predicted molar refractivity (Wildman–Crippen MR) is 80.6 cm³/mol. The van der Waals surface area contributed by atoms with Crippen LogP contribution in [0.15, 0.2) is 39.9 Å². The lowest BCUT2D eigenvalue weighted by molar-refractivity contribution is -0.141. The Hall–Kier alpha value is -2.55. The molecule has 22 heavy (non-hydrogen) atoms. The van der Waals surface area contributed by atoms with Crippen LogP contribution in [0.25, 0.3) is 16.9 Å². The number of halogens is 1. The number of aromatic nitrogens is 5. The van der Waals surface area contributed by atoms with Crippen LogP contribution in [0.3, 0.4) is 0 Å². The van der Waals surface area contributed by atoms with Crippen molar-refractivity contribution >= 4 is 33.1 Å². The molecule has 0 N–H and O–H groups in total. The number of nitrogens with zero attached hydrogens (tertiary/aromatic N) is 5. The molecule has 3 rings (SSSR count). The van der Waals surface area contributed by atoms with Gasteiger partial charge in [-0.25, -0.2) is 4.98 Å². The van der Waals surface area contributed by atoms with Crippen LogP contribution < -0.4 is 5.56 Å². The lowest BCUT2D eigenvalue weighted by Gasteiger charge is -2.04. The topological polar surface area (TPSA) is 91.9 Å². The summed E-state index contributed by atoms with van der Waals surface area (Å²) in [6.45, 7) is -0.219. The molecule has 0 atom stereocenters. The van der Waals surface area contributed by atoms with Gasteiger partial charge in [-0.2, -0.15) is 4.68 Å². The molecule has 8 nitrogen and oxygen atoms in total. The number of hydrogen-bond donors (Lipinski definition) is 0. The van der Waals surface area contributed by atoms with Gasteiger partial charge in [0.2, 0.25) is 0 Å². The number of ether oxygens (including phenoxy) is 1. The Bertz CT molecular complexity index is 900. The highest BCUT2D eigenvalue weighted by Gasteiger charge is 2.14. The van der Waals surface area contributed by atoms with Gasteiger partial charge in [-0.15, -0.1) is 5.10 Å². The number of fused-ring (bicyclic) bond motifs is 1. The smallest absolute Gasteiger partial charge is 0.325 e. The van der Waals surface area contributed by atoms with E-state index < -0.39 is 11.5 Å². The van der Waals surface area contributed by atoms with Crippen molar-refractivity contribution in [2.24, 2.45) is 0 Å². The second-order valence-electron chi connectivity index (χ2n) is 4.40. The summed E-state index contributed by atoms with van der Waals surface area (Å²) in [5.41, 5.74) is 0.699. The Labute approximate surface area is 132 Å². The zero-order chi connectivity index (χ0) is 15.7. The number of carbonyl (C=O) groups excluding carboxylic acids is 1. The van der Waals surface area contributed by atoms with Crippen molar-refractivity contribution in [2.45, 2.75) is 6.54 Å². The SMILES string of the molecule is COC(=O)Cn1cnc2c(nnn2-c2ccc(Br)cc2)c1=O. The summed E-state index contributed by atoms with van der Waals surface area (Å²) in [6, 6.07) is 7.34. The van der Waals surface area contributed by atoms with Gasteiger partial charge in [0.05, 0.1) is 12.8 Å². The van der Waals surface area contributed by atoms with Crippen molar-refractivity contribution in [1.82, 2.24) is 24.5 Å². The molecule has 9 heteroatoms. The molecular weight excluding hydrogens is 354 g/mol. The minimum Gasteiger partial charge on any atom is -0.468 e. The zero-order valence-corrected chi connectivity index (χ0v) is 13.0. The van der Waals surface area contributed by atoms with Crippen LogP contribution in [0, 0.1) is 0 Å². The summed E-state index contributed by atoms with van der Waals surface area (Å²) in [4.78, 5) is 27.7. The van der Waals surface area contributed by atoms with Crippen molar-refractivity contribution in [1.29, 1.82) is 0 Å². The molecule has 0 fully saturated rings. The first-order chi connectivity index (χ1) is 10.6. The quantitative estimate of drug-likeness (QED) is 0.642. The lowest BCUT2D eigenvalue weighted by Crippen LogP contribution is -2.25. The van der Waals surface area contributed by atoms with E-state index in [0.29, 0.717) is 5.65 Å². The van der Waals surface area contributed by atoms with Gasteiger partial charge in [-0.05, 0) is 24.3 Å². The Morgan fingerprint density at radius 3 is 2.73 bits per heavy atom. The van der Waals surface area contributed by atoms with E-state index >= 15 is 0 Å². The molecule has 0 saturated carbocycles. The van der Waals surface area contributed by atoms with Gasteiger partial charge in [0.1, 0.15) is 12.9 Å². The molecule has 0 spiro atoms. The molecule has 0 radical (unpaired) electrons. The largest absolute Gasteiger partial charge is 0.468 e. The summed E-state index contributed by atoms with van der Waals surface area (Å²) >= 11 is 3.35. The standard InChI is InChI=1S/C13H10BrN5O3/c1-22-10(20)6-18-7-15-12-11(13(18)21)16-17-19(12)9-4-2-8(14)3-5-9/h2-5,7H,6H2,1H3. The monoisotopic (exact) mass is 363 g/mol. The normalized spacial score (nSPS) is 10.8. The predicted octanol–water partition coefficient (Wildman–Crippen LogP) is 0.913. The molecule has 0 aliphatic rings. The van der Waals surface area contributed by atoms with E-state index in [-0.39, 0.29) is 12.1 Å². The van der Waals surface area contributed by atoms with Crippen LogP contribution in [-0.4, -0.2) is 37.6 Å². The number of carbonyl (C=O) groups is 1. The fourth-order valence-corrected chi connectivity index (χ4v) is 2.18. The highest BCUT2D eigenvalue weighted by Crippen LogP contribution is 2.15. The van der Waals surface area contributed by atoms with E-state index in [9.17, 15) is 9.59 Å². The molecular formula is C13H10BrN5O3. The first-order valence-corrected chi connectivity index (χ1v) is 7.03. The number of hydrogen-bond acceptors (Lipinski definition) is 6. The Morgan fingerprint density at radius 2 is 2.05 bits per heavy atom. The summed E-state index contributed by atoms with van der Waals surface area (Å²) < 4.78 is 8.06. The Kier molecular flexibility index (Phi) is 3.72. The van der Waals surface area contributed by atoms with Gasteiger partial charge in [-0.1, -0.05) is 21.1 Å². The van der Waals surface area contributed by atoms with E-state index in [1.807, 2.05) is 24.3 Å². The highest BCUT2D eigenvalue weighted by atomic mass is 79.9. The van der Waals surface area contributed by atoms with Crippen LogP contribution in [-0.2, 0) is 16.1 Å². The van der Waals surface area contributed by atoms with E-state index in [1.54, 1.807) is 0 Å². The van der Waals surface area contributed by atoms with E-state index in [1.165, 1.54) is 18.1 Å². The summed E-state index contributed by atoms with van der Waals surface area (Å²) in [5, 5.41) is 7.82. The van der Waals surface area contributed by atoms with Crippen LogP contribution >= 0.6 is 15.9 Å². The second kappa shape index (κ2) is 5.68. The number of esters is 1. The Morgan fingerprint density at radius 1 is 1.32 bits per heavy atom. The maximum atomic E-state index is 12.3. The van der Waals surface area contributed by atoms with Crippen molar-refractivity contribution < 1.29 is 9.53 Å². The molecule has 3 aromatic rings. The molecule has 0 saturated heterocycles. The average Bonchev–Trinajstić information content (AvgIpc) is 2.95. The zero-order valence-electron chi connectivity index (χ0n) is 11.4. The van der Waals surface area contributed by atoms with Crippen molar-refractivity contribution in [2.75, 3.05) is 7.11 Å². The van der Waals surface area contributed by atoms with E-state index in [0.717, 1.165) is 14.7 Å². The van der Waals surface area contributed by atoms with Crippen molar-refractivity contribution in [3.8, 4) is 5.69 Å². The van der Waals surface area contributed by atoms with Crippen LogP contribution in [0.5, 0.6) is 0 Å². The highest BCUT2D eigenvalue weighted by molar-refractivity contribution is 9.10. The van der Waals surface area contributed by atoms with Gasteiger partial charge in [-0.3, -0.25) is 14.2 Å². The maximum Gasteiger partial charge on any atom is 0.325 e. The van der Waals surface area contributed by atoms with E-state index in [4.69, 9.17) is 0 Å². The van der Waals surface area contributed by atoms with Gasteiger partial charge < -0.3 is 4.74 Å². The third-order valence-corrected chi connectivity index (χ3v) is 3.56. The molecule has 112 valence electrons. The summed E-state index contributed by atoms with van der Waals surface area (Å²) in [6.07, 6.45) is 1.28. The van der Waals surface area contributed by atoms with Crippen LogP contribution in [0.2, 0.25) is 0 Å². The lowest BCUT2D eigenvalue weighted by atomic mass is 10.3. The van der Waals surface area contributed by atoms with Crippen LogP contribution in [0.4, 0.5) is 0 Å². The van der Waals surface area contributed by atoms with Gasteiger partial charge in [0.15, 0.2) is 11.2 Å². The summed E-state index contributed by atoms with van der Waals surface area (Å²) in [7, 11) is 1.25. The second-order valence-corrected chi connectivity index (χ2v) is 5.32. The summed E-state index contributed by atoms with van der Waals surface area (Å²) in [5.74, 6) is -0.538. The minimum absolute atomic E-state index is 0.0920. The molecule has 0 bridgehead atoms. The molecule has 2 heterocycles. The number of benzene rings is 1. The molecule has 0 unspecified atom stereocenters. The minimum atomic E-state index is -0.538. The third-order valence-electron chi connectivity index (χ3n) is 3.03. The van der Waals surface area contributed by atoms with E-state index in [2.05, 4.69) is 36.0 Å². The van der Waals surface area contributed by atoms with Gasteiger partial charge in [0, 0.05) is 4.47 Å². The van der Waals surface area contributed by atoms with Crippen molar-refractivity contribution in [3.63, 3.8) is 0 Å². The first kappa shape index (κ1) is 14.4. The van der Waals surface area contributed by atoms with Crippen LogP contribution in [0.1, 0.15) is 0 Å². The average molecular weight is 364 g/mol. The molecule has 0 amide bonds. The third kappa shape index (κ3) is 2.50. The van der Waals surface area contributed by atoms with Gasteiger partial charge >= 0.3 is 5.97 Å².